The number of aryl methyl sites for hydroxylation is 1. The molecule has 1 N–H and O–H groups in total. The van der Waals surface area contributed by atoms with E-state index in [-0.39, 0.29) is 5.57 Å². The fourth-order valence-corrected chi connectivity index (χ4v) is 3.98. The number of benzene rings is 1. The molecule has 1 aromatic carbocycles. The van der Waals surface area contributed by atoms with Crippen LogP contribution < -0.4 is 10.2 Å². The Labute approximate surface area is 163 Å². The number of urea groups is 1. The van der Waals surface area contributed by atoms with Crippen molar-refractivity contribution in [1.82, 2.24) is 9.88 Å². The zero-order valence-electron chi connectivity index (χ0n) is 15.9. The molecule has 1 aliphatic heterocycles. The predicted molar refractivity (Wildman–Crippen MR) is 107 cm³/mol. The van der Waals surface area contributed by atoms with E-state index in [0.29, 0.717) is 11.7 Å². The first-order chi connectivity index (χ1) is 13.5. The zero-order valence-corrected chi connectivity index (χ0v) is 15.9. The number of hydrogen-bond acceptors (Lipinski definition) is 3. The molecule has 0 unspecified atom stereocenters. The van der Waals surface area contributed by atoms with Crippen LogP contribution in [0.15, 0.2) is 48.3 Å². The normalized spacial score (nSPS) is 20.0. The van der Waals surface area contributed by atoms with E-state index in [1.807, 2.05) is 37.5 Å². The van der Waals surface area contributed by atoms with Crippen molar-refractivity contribution in [2.24, 2.45) is 0 Å². The molecule has 144 valence electrons. The lowest BCUT2D eigenvalue weighted by molar-refractivity contribution is -0.122. The SMILES string of the molecule is Cc1ccccc1N1C(=O)NC(=O)/C(=C/c2ccn(C3CCCCC3)c2)C1=O. The van der Waals surface area contributed by atoms with Crippen molar-refractivity contribution in [2.45, 2.75) is 45.1 Å². The number of amides is 4. The Morgan fingerprint density at radius 2 is 1.79 bits per heavy atom. The maximum absolute atomic E-state index is 13.0. The monoisotopic (exact) mass is 377 g/mol. The van der Waals surface area contributed by atoms with E-state index >= 15 is 0 Å². The van der Waals surface area contributed by atoms with Crippen LogP contribution in [-0.4, -0.2) is 22.4 Å². The molecule has 0 atom stereocenters. The molecule has 4 amide bonds. The molecule has 28 heavy (non-hydrogen) atoms. The molecule has 0 spiro atoms. The van der Waals surface area contributed by atoms with E-state index in [9.17, 15) is 14.4 Å². The minimum atomic E-state index is -0.721. The van der Waals surface area contributed by atoms with Crippen LogP contribution >= 0.6 is 0 Å². The molecule has 2 fully saturated rings. The molecule has 1 aromatic heterocycles. The highest BCUT2D eigenvalue weighted by atomic mass is 16.2. The number of hydrogen-bond donors (Lipinski definition) is 1. The molecule has 1 saturated heterocycles. The second kappa shape index (κ2) is 7.46. The van der Waals surface area contributed by atoms with Crippen LogP contribution in [0.4, 0.5) is 10.5 Å². The van der Waals surface area contributed by atoms with E-state index < -0.39 is 17.8 Å². The Bertz CT molecular complexity index is 967. The van der Waals surface area contributed by atoms with Crippen LogP contribution in [0.2, 0.25) is 0 Å². The van der Waals surface area contributed by atoms with Crippen LogP contribution in [-0.2, 0) is 9.59 Å². The number of imide groups is 2. The van der Waals surface area contributed by atoms with Gasteiger partial charge in [0.2, 0.25) is 0 Å². The van der Waals surface area contributed by atoms with Gasteiger partial charge in [0.05, 0.1) is 5.69 Å². The Balaban J connectivity index is 1.64. The summed E-state index contributed by atoms with van der Waals surface area (Å²) in [5.41, 5.74) is 2.00. The van der Waals surface area contributed by atoms with E-state index in [0.717, 1.165) is 28.9 Å². The van der Waals surface area contributed by atoms with Gasteiger partial charge in [0, 0.05) is 18.4 Å². The van der Waals surface area contributed by atoms with Gasteiger partial charge < -0.3 is 4.57 Å². The lowest BCUT2D eigenvalue weighted by Gasteiger charge is -2.27. The molecule has 6 heteroatoms. The zero-order chi connectivity index (χ0) is 19.7. The average molecular weight is 377 g/mol. The summed E-state index contributed by atoms with van der Waals surface area (Å²) in [6, 6.07) is 8.76. The molecule has 2 aliphatic rings. The van der Waals surface area contributed by atoms with E-state index in [1.54, 1.807) is 18.2 Å². The number of carbonyl (C=O) groups is 3. The van der Waals surface area contributed by atoms with Gasteiger partial charge in [-0.05, 0) is 49.1 Å². The fourth-order valence-electron chi connectivity index (χ4n) is 3.98. The third kappa shape index (κ3) is 3.38. The number of rotatable bonds is 3. The molecule has 0 bridgehead atoms. The van der Waals surface area contributed by atoms with Gasteiger partial charge in [0.1, 0.15) is 5.57 Å². The van der Waals surface area contributed by atoms with Gasteiger partial charge >= 0.3 is 6.03 Å². The highest BCUT2D eigenvalue weighted by molar-refractivity contribution is 6.39. The van der Waals surface area contributed by atoms with Gasteiger partial charge in [-0.25, -0.2) is 9.69 Å². The van der Waals surface area contributed by atoms with Gasteiger partial charge in [-0.2, -0.15) is 0 Å². The minimum Gasteiger partial charge on any atom is -0.351 e. The minimum absolute atomic E-state index is 0.0377. The van der Waals surface area contributed by atoms with Crippen LogP contribution in [0.5, 0.6) is 0 Å². The van der Waals surface area contributed by atoms with Crippen molar-refractivity contribution < 1.29 is 14.4 Å². The van der Waals surface area contributed by atoms with Crippen molar-refractivity contribution in [3.05, 3.63) is 59.4 Å². The number of para-hydroxylation sites is 1. The lowest BCUT2D eigenvalue weighted by Crippen LogP contribution is -2.54. The summed E-state index contributed by atoms with van der Waals surface area (Å²) < 4.78 is 2.17. The smallest absolute Gasteiger partial charge is 0.335 e. The Hall–Kier alpha value is -3.15. The number of barbiturate groups is 1. The second-order valence-corrected chi connectivity index (χ2v) is 7.43. The summed E-state index contributed by atoms with van der Waals surface area (Å²) >= 11 is 0. The second-order valence-electron chi connectivity index (χ2n) is 7.43. The molecular weight excluding hydrogens is 354 g/mol. The van der Waals surface area contributed by atoms with Crippen LogP contribution in [0.25, 0.3) is 6.08 Å². The number of aromatic nitrogens is 1. The predicted octanol–water partition coefficient (Wildman–Crippen LogP) is 3.97. The van der Waals surface area contributed by atoms with Crippen molar-refractivity contribution in [3.8, 4) is 0 Å². The Morgan fingerprint density at radius 1 is 1.04 bits per heavy atom. The van der Waals surface area contributed by atoms with Crippen molar-refractivity contribution in [3.63, 3.8) is 0 Å². The number of nitrogens with one attached hydrogen (secondary N) is 1. The first-order valence-electron chi connectivity index (χ1n) is 9.69. The quantitative estimate of drug-likeness (QED) is 0.650. The molecule has 2 heterocycles. The van der Waals surface area contributed by atoms with E-state index in [1.165, 1.54) is 19.3 Å². The highest BCUT2D eigenvalue weighted by Gasteiger charge is 2.37. The number of nitrogens with zero attached hydrogens (tertiary/aromatic N) is 2. The molecule has 6 nitrogen and oxygen atoms in total. The van der Waals surface area contributed by atoms with Gasteiger partial charge in [-0.1, -0.05) is 37.5 Å². The van der Waals surface area contributed by atoms with Gasteiger partial charge in [-0.3, -0.25) is 14.9 Å². The maximum atomic E-state index is 13.0. The standard InChI is InChI=1S/C22H23N3O3/c1-15-7-5-6-10-19(15)25-21(27)18(20(26)23-22(25)28)13-16-11-12-24(14-16)17-8-3-2-4-9-17/h5-7,10-14,17H,2-4,8-9H2,1H3,(H,23,26,28)/b18-13-. The Kier molecular flexibility index (Phi) is 4.86. The average Bonchev–Trinajstić information content (AvgIpc) is 3.16. The summed E-state index contributed by atoms with van der Waals surface area (Å²) in [5, 5.41) is 2.28. The van der Waals surface area contributed by atoms with E-state index in [2.05, 4.69) is 9.88 Å². The molecule has 4 rings (SSSR count). The highest BCUT2D eigenvalue weighted by Crippen LogP contribution is 2.29. The third-order valence-electron chi connectivity index (χ3n) is 5.50. The molecule has 1 aliphatic carbocycles. The summed E-state index contributed by atoms with van der Waals surface area (Å²) in [5.74, 6) is -1.27. The van der Waals surface area contributed by atoms with Crippen LogP contribution in [0.1, 0.15) is 49.3 Å². The number of carbonyl (C=O) groups excluding carboxylic acids is 3. The lowest BCUT2D eigenvalue weighted by atomic mass is 9.95. The van der Waals surface area contributed by atoms with Crippen LogP contribution in [0, 0.1) is 6.92 Å². The van der Waals surface area contributed by atoms with E-state index in [4.69, 9.17) is 0 Å². The third-order valence-corrected chi connectivity index (χ3v) is 5.50. The molecule has 1 saturated carbocycles. The van der Waals surface area contributed by atoms with Crippen molar-refractivity contribution >= 4 is 29.6 Å². The largest absolute Gasteiger partial charge is 0.351 e. The van der Waals surface area contributed by atoms with Crippen molar-refractivity contribution in [2.75, 3.05) is 4.90 Å². The summed E-state index contributed by atoms with van der Waals surface area (Å²) in [4.78, 5) is 38.7. The topological polar surface area (TPSA) is 71.4 Å². The van der Waals surface area contributed by atoms with Crippen molar-refractivity contribution in [1.29, 1.82) is 0 Å². The summed E-state index contributed by atoms with van der Waals surface area (Å²) in [6.07, 6.45) is 11.6. The maximum Gasteiger partial charge on any atom is 0.335 e. The fraction of sp³-hybridized carbons (Fsp3) is 0.318. The van der Waals surface area contributed by atoms with Gasteiger partial charge in [0.25, 0.3) is 11.8 Å². The number of anilines is 1. The molecule has 0 radical (unpaired) electrons. The Morgan fingerprint density at radius 3 is 2.54 bits per heavy atom. The van der Waals surface area contributed by atoms with Gasteiger partial charge in [-0.15, -0.1) is 0 Å². The molecular formula is C22H23N3O3. The van der Waals surface area contributed by atoms with Crippen LogP contribution in [0.3, 0.4) is 0 Å². The summed E-state index contributed by atoms with van der Waals surface area (Å²) in [7, 11) is 0. The molecule has 2 aromatic rings. The van der Waals surface area contributed by atoms with Gasteiger partial charge in [0.15, 0.2) is 0 Å². The summed E-state index contributed by atoms with van der Waals surface area (Å²) in [6.45, 7) is 1.82. The first-order valence-corrected chi connectivity index (χ1v) is 9.69. The first kappa shape index (κ1) is 18.2.